The summed E-state index contributed by atoms with van der Waals surface area (Å²) in [4.78, 5) is 17.8. The van der Waals surface area contributed by atoms with Gasteiger partial charge in [0.25, 0.3) is 10.2 Å². The molecule has 9 heteroatoms. The van der Waals surface area contributed by atoms with Crippen LogP contribution in [0.3, 0.4) is 0 Å². The maximum atomic E-state index is 12.0. The SMILES string of the molecule is COC(=O)CCN(C)S(=O)(=O)NC(C)c1ncc[nH]1. The highest BCUT2D eigenvalue weighted by atomic mass is 32.2. The van der Waals surface area contributed by atoms with E-state index < -0.39 is 22.2 Å². The highest BCUT2D eigenvalue weighted by Crippen LogP contribution is 2.09. The van der Waals surface area contributed by atoms with Gasteiger partial charge in [0.15, 0.2) is 0 Å². The first-order valence-corrected chi connectivity index (χ1v) is 7.10. The number of methoxy groups -OCH3 is 1. The maximum absolute atomic E-state index is 12.0. The van der Waals surface area contributed by atoms with Crippen LogP contribution >= 0.6 is 0 Å². The van der Waals surface area contributed by atoms with Crippen LogP contribution in [0.25, 0.3) is 0 Å². The molecule has 19 heavy (non-hydrogen) atoms. The van der Waals surface area contributed by atoms with Crippen LogP contribution < -0.4 is 4.72 Å². The lowest BCUT2D eigenvalue weighted by molar-refractivity contribution is -0.140. The molecule has 0 radical (unpaired) electrons. The van der Waals surface area contributed by atoms with Crippen LogP contribution in [0.5, 0.6) is 0 Å². The van der Waals surface area contributed by atoms with Crippen molar-refractivity contribution in [1.82, 2.24) is 19.0 Å². The first-order chi connectivity index (χ1) is 8.86. The minimum Gasteiger partial charge on any atom is -0.469 e. The molecule has 108 valence electrons. The molecule has 8 nitrogen and oxygen atoms in total. The van der Waals surface area contributed by atoms with E-state index in [1.54, 1.807) is 19.3 Å². The third-order valence-electron chi connectivity index (χ3n) is 2.52. The fraction of sp³-hybridized carbons (Fsp3) is 0.600. The summed E-state index contributed by atoms with van der Waals surface area (Å²) in [5.74, 6) is 0.0612. The van der Waals surface area contributed by atoms with Gasteiger partial charge in [0.2, 0.25) is 0 Å². The summed E-state index contributed by atoms with van der Waals surface area (Å²) in [6.45, 7) is 1.72. The number of ether oxygens (including phenoxy) is 1. The number of aromatic amines is 1. The first-order valence-electron chi connectivity index (χ1n) is 5.66. The summed E-state index contributed by atoms with van der Waals surface area (Å²) < 4.78 is 31.9. The van der Waals surface area contributed by atoms with Crippen molar-refractivity contribution in [2.24, 2.45) is 0 Å². The van der Waals surface area contributed by atoms with Gasteiger partial charge in [0.1, 0.15) is 5.82 Å². The second-order valence-electron chi connectivity index (χ2n) is 3.97. The number of aromatic nitrogens is 2. The van der Waals surface area contributed by atoms with Crippen molar-refractivity contribution >= 4 is 16.2 Å². The van der Waals surface area contributed by atoms with E-state index in [1.165, 1.54) is 14.2 Å². The second-order valence-corrected chi connectivity index (χ2v) is 5.78. The van der Waals surface area contributed by atoms with E-state index in [0.29, 0.717) is 5.82 Å². The van der Waals surface area contributed by atoms with Crippen LogP contribution in [-0.4, -0.2) is 49.4 Å². The predicted octanol–water partition coefficient (Wildman–Crippen LogP) is -0.200. The quantitative estimate of drug-likeness (QED) is 0.677. The molecule has 0 aliphatic rings. The Hall–Kier alpha value is -1.45. The molecule has 1 aromatic rings. The number of rotatable bonds is 7. The van der Waals surface area contributed by atoms with Gasteiger partial charge in [-0.3, -0.25) is 4.79 Å². The Morgan fingerprint density at radius 3 is 2.84 bits per heavy atom. The van der Waals surface area contributed by atoms with Crippen LogP contribution in [0.15, 0.2) is 12.4 Å². The van der Waals surface area contributed by atoms with Gasteiger partial charge in [-0.15, -0.1) is 0 Å². The van der Waals surface area contributed by atoms with Crippen LogP contribution in [0.1, 0.15) is 25.2 Å². The normalized spacial score (nSPS) is 13.5. The summed E-state index contributed by atoms with van der Waals surface area (Å²) in [5.41, 5.74) is 0. The smallest absolute Gasteiger partial charge is 0.306 e. The van der Waals surface area contributed by atoms with Gasteiger partial charge in [-0.25, -0.2) is 4.98 Å². The fourth-order valence-corrected chi connectivity index (χ4v) is 2.42. The van der Waals surface area contributed by atoms with Crippen molar-refractivity contribution in [1.29, 1.82) is 0 Å². The number of carbonyl (C=O) groups excluding carboxylic acids is 1. The second kappa shape index (κ2) is 6.64. The Morgan fingerprint density at radius 1 is 1.63 bits per heavy atom. The van der Waals surface area contributed by atoms with Gasteiger partial charge >= 0.3 is 5.97 Å². The van der Waals surface area contributed by atoms with Crippen molar-refractivity contribution in [2.45, 2.75) is 19.4 Å². The zero-order valence-corrected chi connectivity index (χ0v) is 11.9. The number of imidazole rings is 1. The van der Waals surface area contributed by atoms with E-state index in [4.69, 9.17) is 0 Å². The molecule has 1 rings (SSSR count). The number of carbonyl (C=O) groups is 1. The molecule has 2 N–H and O–H groups in total. The molecular weight excluding hydrogens is 272 g/mol. The predicted molar refractivity (Wildman–Crippen MR) is 68.3 cm³/mol. The van der Waals surface area contributed by atoms with Gasteiger partial charge in [0.05, 0.1) is 19.6 Å². The number of nitrogens with zero attached hydrogens (tertiary/aromatic N) is 2. The highest BCUT2D eigenvalue weighted by Gasteiger charge is 2.22. The van der Waals surface area contributed by atoms with Crippen molar-refractivity contribution in [3.05, 3.63) is 18.2 Å². The lowest BCUT2D eigenvalue weighted by atomic mass is 10.3. The molecule has 0 spiro atoms. The standard InChI is InChI=1S/C10H18N4O4S/c1-8(10-11-5-6-12-10)13-19(16,17)14(2)7-4-9(15)18-3/h5-6,8,13H,4,7H2,1-3H3,(H,11,12). The monoisotopic (exact) mass is 290 g/mol. The van der Waals surface area contributed by atoms with Crippen molar-refractivity contribution < 1.29 is 17.9 Å². The van der Waals surface area contributed by atoms with Gasteiger partial charge in [-0.05, 0) is 6.92 Å². The molecule has 0 saturated carbocycles. The van der Waals surface area contributed by atoms with Crippen LogP contribution in [0.4, 0.5) is 0 Å². The molecule has 1 aromatic heterocycles. The average molecular weight is 290 g/mol. The summed E-state index contributed by atoms with van der Waals surface area (Å²) in [5, 5.41) is 0. The minimum absolute atomic E-state index is 0.00302. The average Bonchev–Trinajstić information content (AvgIpc) is 2.88. The third-order valence-corrected chi connectivity index (χ3v) is 4.18. The lowest BCUT2D eigenvalue weighted by Gasteiger charge is -2.19. The Labute approximate surface area is 112 Å². The zero-order chi connectivity index (χ0) is 14.5. The Kier molecular flexibility index (Phi) is 5.45. The number of hydrogen-bond acceptors (Lipinski definition) is 5. The van der Waals surface area contributed by atoms with Gasteiger partial charge < -0.3 is 9.72 Å². The van der Waals surface area contributed by atoms with E-state index in [9.17, 15) is 13.2 Å². The third kappa shape index (κ3) is 4.62. The molecule has 1 heterocycles. The lowest BCUT2D eigenvalue weighted by Crippen LogP contribution is -2.40. The minimum atomic E-state index is -3.67. The molecule has 1 atom stereocenters. The maximum Gasteiger partial charge on any atom is 0.306 e. The summed E-state index contributed by atoms with van der Waals surface area (Å²) >= 11 is 0. The molecule has 0 amide bonds. The fourth-order valence-electron chi connectivity index (χ4n) is 1.35. The van der Waals surface area contributed by atoms with E-state index >= 15 is 0 Å². The topological polar surface area (TPSA) is 104 Å². The Balaban J connectivity index is 2.57. The number of esters is 1. The summed E-state index contributed by atoms with van der Waals surface area (Å²) in [6, 6.07) is -0.486. The van der Waals surface area contributed by atoms with E-state index in [0.717, 1.165) is 4.31 Å². The number of H-pyrrole nitrogens is 1. The number of hydrogen-bond donors (Lipinski definition) is 2. The number of nitrogens with one attached hydrogen (secondary N) is 2. The first kappa shape index (κ1) is 15.6. The van der Waals surface area contributed by atoms with E-state index in [2.05, 4.69) is 19.4 Å². The molecule has 1 unspecified atom stereocenters. The van der Waals surface area contributed by atoms with E-state index in [1.807, 2.05) is 0 Å². The molecular formula is C10H18N4O4S. The Bertz CT molecular complexity index is 500. The van der Waals surface area contributed by atoms with Crippen LogP contribution in [0, 0.1) is 0 Å². The highest BCUT2D eigenvalue weighted by molar-refractivity contribution is 7.87. The zero-order valence-electron chi connectivity index (χ0n) is 11.1. The molecule has 0 saturated heterocycles. The van der Waals surface area contributed by atoms with Crippen LogP contribution in [0.2, 0.25) is 0 Å². The van der Waals surface area contributed by atoms with Crippen molar-refractivity contribution in [3.63, 3.8) is 0 Å². The van der Waals surface area contributed by atoms with Gasteiger partial charge in [0, 0.05) is 26.0 Å². The Morgan fingerprint density at radius 2 is 2.32 bits per heavy atom. The summed E-state index contributed by atoms with van der Waals surface area (Å²) in [7, 11) is -1.03. The van der Waals surface area contributed by atoms with Gasteiger partial charge in [-0.1, -0.05) is 0 Å². The van der Waals surface area contributed by atoms with E-state index in [-0.39, 0.29) is 13.0 Å². The van der Waals surface area contributed by atoms with Gasteiger partial charge in [-0.2, -0.15) is 17.4 Å². The van der Waals surface area contributed by atoms with Crippen molar-refractivity contribution in [3.8, 4) is 0 Å². The molecule has 0 bridgehead atoms. The molecule has 0 aliphatic carbocycles. The van der Waals surface area contributed by atoms with Crippen molar-refractivity contribution in [2.75, 3.05) is 20.7 Å². The molecule has 0 aromatic carbocycles. The largest absolute Gasteiger partial charge is 0.469 e. The molecule has 0 aliphatic heterocycles. The van der Waals surface area contributed by atoms with Crippen LogP contribution in [-0.2, 0) is 19.7 Å². The summed E-state index contributed by atoms with van der Waals surface area (Å²) in [6.07, 6.45) is 3.16. The molecule has 0 fully saturated rings.